The van der Waals surface area contributed by atoms with Crippen molar-refractivity contribution in [1.29, 1.82) is 5.26 Å². The zero-order valence-corrected chi connectivity index (χ0v) is 13.4. The molecule has 5 nitrogen and oxygen atoms in total. The lowest BCUT2D eigenvalue weighted by Gasteiger charge is -2.33. The Morgan fingerprint density at radius 3 is 2.57 bits per heavy atom. The molecular weight excluding hydrogens is 310 g/mol. The molecule has 1 heterocycles. The standard InChI is InChI=1S/C14H18ClN3O2S/c1-10(17)11-5-7-18(8-6-11)21(19,20)14-4-2-3-13(15)12(14)9-16/h2-4,10-11H,5-8,17H2,1H3. The summed E-state index contributed by atoms with van der Waals surface area (Å²) in [4.78, 5) is -0.0169. The lowest BCUT2D eigenvalue weighted by atomic mass is 9.92. The van der Waals surface area contributed by atoms with Gasteiger partial charge < -0.3 is 5.73 Å². The van der Waals surface area contributed by atoms with Crippen LogP contribution in [0.25, 0.3) is 0 Å². The molecule has 0 amide bonds. The molecule has 114 valence electrons. The summed E-state index contributed by atoms with van der Waals surface area (Å²) < 4.78 is 26.8. The first-order valence-electron chi connectivity index (χ1n) is 6.82. The summed E-state index contributed by atoms with van der Waals surface area (Å²) in [7, 11) is -3.69. The molecule has 1 saturated heterocycles. The number of hydrogen-bond acceptors (Lipinski definition) is 4. The van der Waals surface area contributed by atoms with Crippen molar-refractivity contribution in [1.82, 2.24) is 4.31 Å². The third-order valence-corrected chi connectivity index (χ3v) is 6.20. The maximum Gasteiger partial charge on any atom is 0.244 e. The van der Waals surface area contributed by atoms with E-state index in [9.17, 15) is 8.42 Å². The molecule has 1 atom stereocenters. The Morgan fingerprint density at radius 1 is 1.43 bits per heavy atom. The lowest BCUT2D eigenvalue weighted by Crippen LogP contribution is -2.42. The van der Waals surface area contributed by atoms with Crippen LogP contribution in [-0.2, 0) is 10.0 Å². The van der Waals surface area contributed by atoms with Gasteiger partial charge in [-0.25, -0.2) is 8.42 Å². The van der Waals surface area contributed by atoms with Crippen LogP contribution in [0, 0.1) is 17.2 Å². The summed E-state index contributed by atoms with van der Waals surface area (Å²) >= 11 is 5.92. The van der Waals surface area contributed by atoms with E-state index in [4.69, 9.17) is 22.6 Å². The van der Waals surface area contributed by atoms with Gasteiger partial charge in [-0.15, -0.1) is 0 Å². The second-order valence-electron chi connectivity index (χ2n) is 5.33. The fourth-order valence-corrected chi connectivity index (χ4v) is 4.52. The molecule has 1 unspecified atom stereocenters. The number of sulfonamides is 1. The highest BCUT2D eigenvalue weighted by atomic mass is 35.5. The van der Waals surface area contributed by atoms with Crippen LogP contribution < -0.4 is 5.73 Å². The zero-order valence-electron chi connectivity index (χ0n) is 11.8. The SMILES string of the molecule is CC(N)C1CCN(S(=O)(=O)c2cccc(Cl)c2C#N)CC1. The van der Waals surface area contributed by atoms with Gasteiger partial charge in [0.05, 0.1) is 10.6 Å². The van der Waals surface area contributed by atoms with Gasteiger partial charge in [0.2, 0.25) is 10.0 Å². The van der Waals surface area contributed by atoms with E-state index in [2.05, 4.69) is 0 Å². The first kappa shape index (κ1) is 16.2. The predicted molar refractivity (Wildman–Crippen MR) is 81.3 cm³/mol. The van der Waals surface area contributed by atoms with Crippen molar-refractivity contribution in [3.8, 4) is 6.07 Å². The number of rotatable bonds is 3. The Labute approximate surface area is 130 Å². The molecular formula is C14H18ClN3O2S. The summed E-state index contributed by atoms with van der Waals surface area (Å²) in [6.07, 6.45) is 1.47. The number of benzene rings is 1. The first-order valence-corrected chi connectivity index (χ1v) is 8.64. The number of nitriles is 1. The van der Waals surface area contributed by atoms with Gasteiger partial charge in [0.15, 0.2) is 0 Å². The molecule has 7 heteroatoms. The molecule has 21 heavy (non-hydrogen) atoms. The Balaban J connectivity index is 2.29. The molecule has 2 rings (SSSR count). The van der Waals surface area contributed by atoms with Crippen LogP contribution in [-0.4, -0.2) is 31.9 Å². The number of nitrogens with two attached hydrogens (primary N) is 1. The number of nitrogens with zero attached hydrogens (tertiary/aromatic N) is 2. The summed E-state index contributed by atoms with van der Waals surface area (Å²) in [5, 5.41) is 9.30. The fraction of sp³-hybridized carbons (Fsp3) is 0.500. The van der Waals surface area contributed by atoms with Gasteiger partial charge in [-0.2, -0.15) is 9.57 Å². The van der Waals surface area contributed by atoms with Gasteiger partial charge in [0.25, 0.3) is 0 Å². The molecule has 1 aromatic rings. The van der Waals surface area contributed by atoms with Crippen molar-refractivity contribution in [3.63, 3.8) is 0 Å². The summed E-state index contributed by atoms with van der Waals surface area (Å²) in [5.41, 5.74) is 5.88. The van der Waals surface area contributed by atoms with E-state index in [0.717, 1.165) is 12.8 Å². The van der Waals surface area contributed by atoms with Crippen molar-refractivity contribution < 1.29 is 8.42 Å². The van der Waals surface area contributed by atoms with Crippen LogP contribution in [0.2, 0.25) is 5.02 Å². The third-order valence-electron chi connectivity index (χ3n) is 3.95. The predicted octanol–water partition coefficient (Wildman–Crippen LogP) is 1.96. The topological polar surface area (TPSA) is 87.2 Å². The second kappa shape index (κ2) is 6.32. The minimum absolute atomic E-state index is 0.00785. The molecule has 1 aliphatic heterocycles. The van der Waals surface area contributed by atoms with Crippen molar-refractivity contribution in [2.24, 2.45) is 11.7 Å². The third kappa shape index (κ3) is 3.22. The Bertz CT molecular complexity index is 659. The van der Waals surface area contributed by atoms with Crippen LogP contribution >= 0.6 is 11.6 Å². The fourth-order valence-electron chi connectivity index (χ4n) is 2.61. The quantitative estimate of drug-likeness (QED) is 0.919. The smallest absolute Gasteiger partial charge is 0.244 e. The van der Waals surface area contributed by atoms with Crippen LogP contribution in [0.4, 0.5) is 0 Å². The van der Waals surface area contributed by atoms with Gasteiger partial charge in [-0.3, -0.25) is 0 Å². The van der Waals surface area contributed by atoms with Gasteiger partial charge in [0.1, 0.15) is 11.0 Å². The lowest BCUT2D eigenvalue weighted by molar-refractivity contribution is 0.250. The highest BCUT2D eigenvalue weighted by Crippen LogP contribution is 2.29. The van der Waals surface area contributed by atoms with Crippen LogP contribution in [0.5, 0.6) is 0 Å². The summed E-state index contributed by atoms with van der Waals surface area (Å²) in [5.74, 6) is 0.339. The van der Waals surface area contributed by atoms with E-state index in [1.165, 1.54) is 16.4 Å². The van der Waals surface area contributed by atoms with Crippen LogP contribution in [0.1, 0.15) is 25.3 Å². The Morgan fingerprint density at radius 2 is 2.05 bits per heavy atom. The van der Waals surface area contributed by atoms with Crippen molar-refractivity contribution in [2.45, 2.75) is 30.7 Å². The maximum atomic E-state index is 12.7. The monoisotopic (exact) mass is 327 g/mol. The van der Waals surface area contributed by atoms with Gasteiger partial charge >= 0.3 is 0 Å². The van der Waals surface area contributed by atoms with Crippen molar-refractivity contribution in [2.75, 3.05) is 13.1 Å². The highest BCUT2D eigenvalue weighted by Gasteiger charge is 2.32. The zero-order chi connectivity index (χ0) is 15.6. The maximum absolute atomic E-state index is 12.7. The molecule has 0 saturated carbocycles. The van der Waals surface area contributed by atoms with E-state index in [1.54, 1.807) is 6.07 Å². The average Bonchev–Trinajstić information content (AvgIpc) is 2.47. The number of hydrogen-bond donors (Lipinski definition) is 1. The molecule has 1 aromatic carbocycles. The summed E-state index contributed by atoms with van der Waals surface area (Å²) in [6.45, 7) is 2.79. The minimum atomic E-state index is -3.69. The molecule has 1 aliphatic rings. The normalized spacial score (nSPS) is 19.1. The van der Waals surface area contributed by atoms with Crippen molar-refractivity contribution in [3.05, 3.63) is 28.8 Å². The molecule has 0 radical (unpaired) electrons. The van der Waals surface area contributed by atoms with E-state index in [-0.39, 0.29) is 21.5 Å². The second-order valence-corrected chi connectivity index (χ2v) is 7.64. The molecule has 0 bridgehead atoms. The molecule has 0 aromatic heterocycles. The molecule has 1 fully saturated rings. The Hall–Kier alpha value is -1.13. The van der Waals surface area contributed by atoms with Gasteiger partial charge in [0, 0.05) is 19.1 Å². The van der Waals surface area contributed by atoms with E-state index in [1.807, 2.05) is 13.0 Å². The average molecular weight is 328 g/mol. The van der Waals surface area contributed by atoms with E-state index in [0.29, 0.717) is 19.0 Å². The van der Waals surface area contributed by atoms with Gasteiger partial charge in [-0.05, 0) is 37.8 Å². The van der Waals surface area contributed by atoms with Crippen LogP contribution in [0.15, 0.2) is 23.1 Å². The highest BCUT2D eigenvalue weighted by molar-refractivity contribution is 7.89. The summed E-state index contributed by atoms with van der Waals surface area (Å²) in [6, 6.07) is 6.43. The number of piperidine rings is 1. The minimum Gasteiger partial charge on any atom is -0.328 e. The first-order chi connectivity index (χ1) is 9.87. The molecule has 0 spiro atoms. The molecule has 0 aliphatic carbocycles. The molecule has 2 N–H and O–H groups in total. The van der Waals surface area contributed by atoms with E-state index >= 15 is 0 Å². The largest absolute Gasteiger partial charge is 0.328 e. The van der Waals surface area contributed by atoms with Crippen molar-refractivity contribution >= 4 is 21.6 Å². The van der Waals surface area contributed by atoms with E-state index < -0.39 is 10.0 Å². The van der Waals surface area contributed by atoms with Crippen LogP contribution in [0.3, 0.4) is 0 Å². The number of halogens is 1. The Kier molecular flexibility index (Phi) is 4.89. The van der Waals surface area contributed by atoms with Gasteiger partial charge in [-0.1, -0.05) is 17.7 Å².